The Morgan fingerprint density at radius 1 is 1.30 bits per heavy atom. The van der Waals surface area contributed by atoms with Gasteiger partial charge in [0, 0.05) is 11.3 Å². The van der Waals surface area contributed by atoms with Gasteiger partial charge in [0.15, 0.2) is 5.78 Å². The predicted octanol–water partition coefficient (Wildman–Crippen LogP) is 2.92. The first-order chi connectivity index (χ1) is 9.61. The summed E-state index contributed by atoms with van der Waals surface area (Å²) in [6, 6.07) is 14.2. The summed E-state index contributed by atoms with van der Waals surface area (Å²) in [5.41, 5.74) is 7.97. The van der Waals surface area contributed by atoms with E-state index < -0.39 is 0 Å². The van der Waals surface area contributed by atoms with Crippen molar-refractivity contribution in [3.63, 3.8) is 0 Å². The number of ether oxygens (including phenoxy) is 1. The molecule has 0 spiro atoms. The Morgan fingerprint density at radius 2 is 2.05 bits per heavy atom. The summed E-state index contributed by atoms with van der Waals surface area (Å²) in [5.74, 6) is 0.361. The van der Waals surface area contributed by atoms with Gasteiger partial charge in [-0.2, -0.15) is 5.26 Å². The summed E-state index contributed by atoms with van der Waals surface area (Å²) in [5, 5.41) is 9.02. The molecule has 2 aromatic rings. The summed E-state index contributed by atoms with van der Waals surface area (Å²) in [4.78, 5) is 11.6. The minimum atomic E-state index is -0.110. The highest BCUT2D eigenvalue weighted by Gasteiger charge is 2.10. The van der Waals surface area contributed by atoms with Crippen molar-refractivity contribution in [3.8, 4) is 11.8 Å². The van der Waals surface area contributed by atoms with Crippen LogP contribution in [0.1, 0.15) is 28.4 Å². The number of rotatable bonds is 4. The van der Waals surface area contributed by atoms with Gasteiger partial charge in [-0.05, 0) is 31.2 Å². The van der Waals surface area contributed by atoms with E-state index in [0.717, 1.165) is 5.56 Å². The Kier molecular flexibility index (Phi) is 4.02. The monoisotopic (exact) mass is 266 g/mol. The number of anilines is 1. The van der Waals surface area contributed by atoms with E-state index in [2.05, 4.69) is 6.07 Å². The van der Waals surface area contributed by atoms with Gasteiger partial charge in [-0.3, -0.25) is 4.79 Å². The van der Waals surface area contributed by atoms with E-state index in [1.54, 1.807) is 30.3 Å². The van der Waals surface area contributed by atoms with Crippen LogP contribution in [0, 0.1) is 11.3 Å². The summed E-state index contributed by atoms with van der Waals surface area (Å²) < 4.78 is 5.65. The third-order valence-electron chi connectivity index (χ3n) is 2.90. The van der Waals surface area contributed by atoms with E-state index in [9.17, 15) is 4.79 Å². The zero-order valence-corrected chi connectivity index (χ0v) is 11.1. The van der Waals surface area contributed by atoms with Crippen LogP contribution in [0.3, 0.4) is 0 Å². The van der Waals surface area contributed by atoms with Crippen molar-refractivity contribution in [2.24, 2.45) is 0 Å². The number of hydrogen-bond acceptors (Lipinski definition) is 4. The van der Waals surface area contributed by atoms with Gasteiger partial charge in [0.2, 0.25) is 0 Å². The van der Waals surface area contributed by atoms with E-state index in [0.29, 0.717) is 22.6 Å². The number of ketones is 1. The fourth-order valence-corrected chi connectivity index (χ4v) is 1.86. The number of hydrogen-bond donors (Lipinski definition) is 1. The second-order valence-corrected chi connectivity index (χ2v) is 4.37. The Bertz CT molecular complexity index is 687. The molecule has 0 saturated carbocycles. The molecule has 4 nitrogen and oxygen atoms in total. The minimum Gasteiger partial charge on any atom is -0.488 e. The number of nitrogens with zero attached hydrogens (tertiary/aromatic N) is 1. The van der Waals surface area contributed by atoms with E-state index in [4.69, 9.17) is 15.7 Å². The molecule has 0 heterocycles. The molecule has 0 amide bonds. The lowest BCUT2D eigenvalue weighted by molar-refractivity contribution is 0.101. The largest absolute Gasteiger partial charge is 0.488 e. The van der Waals surface area contributed by atoms with Gasteiger partial charge < -0.3 is 10.5 Å². The molecular weight excluding hydrogens is 252 g/mol. The first-order valence-electron chi connectivity index (χ1n) is 6.13. The second-order valence-electron chi connectivity index (χ2n) is 4.37. The number of nitriles is 1. The molecule has 0 aromatic heterocycles. The molecular formula is C16H14N2O2. The van der Waals surface area contributed by atoms with Crippen LogP contribution < -0.4 is 10.5 Å². The van der Waals surface area contributed by atoms with Crippen molar-refractivity contribution in [3.05, 3.63) is 59.2 Å². The van der Waals surface area contributed by atoms with Crippen molar-refractivity contribution in [2.75, 3.05) is 5.73 Å². The van der Waals surface area contributed by atoms with E-state index >= 15 is 0 Å². The molecule has 0 atom stereocenters. The van der Waals surface area contributed by atoms with Crippen LogP contribution in [-0.4, -0.2) is 5.78 Å². The fourth-order valence-electron chi connectivity index (χ4n) is 1.86. The summed E-state index contributed by atoms with van der Waals surface area (Å²) >= 11 is 0. The zero-order valence-electron chi connectivity index (χ0n) is 11.1. The molecule has 0 aliphatic carbocycles. The van der Waals surface area contributed by atoms with Crippen LogP contribution in [0.5, 0.6) is 5.75 Å². The number of benzene rings is 2. The molecule has 0 bridgehead atoms. The van der Waals surface area contributed by atoms with Crippen molar-refractivity contribution in [2.45, 2.75) is 13.5 Å². The van der Waals surface area contributed by atoms with Crippen molar-refractivity contribution in [1.29, 1.82) is 5.26 Å². The highest BCUT2D eigenvalue weighted by atomic mass is 16.5. The number of Topliss-reactive ketones (excluding diaryl/α,β-unsaturated/α-hetero) is 1. The van der Waals surface area contributed by atoms with Crippen LogP contribution in [0.2, 0.25) is 0 Å². The van der Waals surface area contributed by atoms with Crippen molar-refractivity contribution < 1.29 is 9.53 Å². The molecule has 4 heteroatoms. The third kappa shape index (κ3) is 2.96. The van der Waals surface area contributed by atoms with Gasteiger partial charge >= 0.3 is 0 Å². The molecule has 0 aliphatic heterocycles. The van der Waals surface area contributed by atoms with E-state index in [-0.39, 0.29) is 12.4 Å². The normalized spacial score (nSPS) is 9.80. The second kappa shape index (κ2) is 5.89. The number of carbonyl (C=O) groups excluding carboxylic acids is 1. The van der Waals surface area contributed by atoms with Gasteiger partial charge in [-0.1, -0.05) is 18.2 Å². The number of nitrogen functional groups attached to an aromatic ring is 1. The lowest BCUT2D eigenvalue weighted by Gasteiger charge is -2.11. The Balaban J connectivity index is 2.24. The van der Waals surface area contributed by atoms with Gasteiger partial charge in [0.05, 0.1) is 17.2 Å². The lowest BCUT2D eigenvalue weighted by Crippen LogP contribution is -2.03. The molecule has 2 N–H and O–H groups in total. The van der Waals surface area contributed by atoms with Crippen molar-refractivity contribution in [1.82, 2.24) is 0 Å². The zero-order chi connectivity index (χ0) is 14.5. The van der Waals surface area contributed by atoms with Gasteiger partial charge in [0.25, 0.3) is 0 Å². The molecule has 0 aliphatic rings. The summed E-state index contributed by atoms with van der Waals surface area (Å²) in [7, 11) is 0. The molecule has 20 heavy (non-hydrogen) atoms. The quantitative estimate of drug-likeness (QED) is 0.682. The average molecular weight is 266 g/mol. The van der Waals surface area contributed by atoms with Crippen LogP contribution in [0.4, 0.5) is 5.69 Å². The standard InChI is InChI=1S/C16H14N2O2/c1-11(19)15-8-14(18)6-7-16(15)20-10-13-5-3-2-4-12(13)9-17/h2-8H,10,18H2,1H3. The van der Waals surface area contributed by atoms with Crippen LogP contribution in [-0.2, 0) is 6.61 Å². The van der Waals surface area contributed by atoms with Crippen LogP contribution in [0.25, 0.3) is 0 Å². The van der Waals surface area contributed by atoms with E-state index in [1.165, 1.54) is 6.92 Å². The summed E-state index contributed by atoms with van der Waals surface area (Å²) in [6.07, 6.45) is 0. The van der Waals surface area contributed by atoms with Gasteiger partial charge in [-0.15, -0.1) is 0 Å². The van der Waals surface area contributed by atoms with Crippen LogP contribution in [0.15, 0.2) is 42.5 Å². The van der Waals surface area contributed by atoms with Gasteiger partial charge in [0.1, 0.15) is 12.4 Å². The Labute approximate surface area is 117 Å². The summed E-state index contributed by atoms with van der Waals surface area (Å²) in [6.45, 7) is 1.69. The molecule has 0 unspecified atom stereocenters. The smallest absolute Gasteiger partial charge is 0.163 e. The lowest BCUT2D eigenvalue weighted by atomic mass is 10.1. The topological polar surface area (TPSA) is 76.1 Å². The SMILES string of the molecule is CC(=O)c1cc(N)ccc1OCc1ccccc1C#N. The maximum absolute atomic E-state index is 11.6. The minimum absolute atomic E-state index is 0.110. The van der Waals surface area contributed by atoms with Crippen LogP contribution >= 0.6 is 0 Å². The first kappa shape index (κ1) is 13.6. The molecule has 2 rings (SSSR count). The maximum atomic E-state index is 11.6. The third-order valence-corrected chi connectivity index (χ3v) is 2.90. The molecule has 100 valence electrons. The number of carbonyl (C=O) groups is 1. The van der Waals surface area contributed by atoms with Crippen molar-refractivity contribution >= 4 is 11.5 Å². The average Bonchev–Trinajstić information content (AvgIpc) is 2.46. The highest BCUT2D eigenvalue weighted by molar-refractivity contribution is 5.97. The fraction of sp³-hybridized carbons (Fsp3) is 0.125. The predicted molar refractivity (Wildman–Crippen MR) is 76.3 cm³/mol. The van der Waals surface area contributed by atoms with E-state index in [1.807, 2.05) is 12.1 Å². The van der Waals surface area contributed by atoms with Gasteiger partial charge in [-0.25, -0.2) is 0 Å². The Hall–Kier alpha value is -2.80. The molecule has 0 radical (unpaired) electrons. The highest BCUT2D eigenvalue weighted by Crippen LogP contribution is 2.23. The molecule has 0 fully saturated rings. The Morgan fingerprint density at radius 3 is 2.75 bits per heavy atom. The molecule has 2 aromatic carbocycles. The maximum Gasteiger partial charge on any atom is 0.163 e. The number of nitrogens with two attached hydrogens (primary N) is 1. The molecule has 0 saturated heterocycles. The first-order valence-corrected chi connectivity index (χ1v) is 6.13.